The van der Waals surface area contributed by atoms with Gasteiger partial charge in [-0.05, 0) is 24.1 Å². The van der Waals surface area contributed by atoms with Gasteiger partial charge in [0.15, 0.2) is 0 Å². The number of aliphatic hydroxyl groups is 1. The highest BCUT2D eigenvalue weighted by Gasteiger charge is 2.10. The van der Waals surface area contributed by atoms with Gasteiger partial charge in [-0.25, -0.2) is 0 Å². The van der Waals surface area contributed by atoms with Crippen LogP contribution in [0.25, 0.3) is 0 Å². The van der Waals surface area contributed by atoms with Crippen molar-refractivity contribution in [3.05, 3.63) is 39.9 Å². The molecule has 1 unspecified atom stereocenters. The van der Waals surface area contributed by atoms with Crippen molar-refractivity contribution in [3.63, 3.8) is 0 Å². The molecular formula is C14H21N3O4. The number of carbonyl (C=O) groups is 1. The van der Waals surface area contributed by atoms with Crippen molar-refractivity contribution < 1.29 is 14.8 Å². The molecule has 0 radical (unpaired) electrons. The third-order valence-electron chi connectivity index (χ3n) is 2.93. The van der Waals surface area contributed by atoms with Crippen molar-refractivity contribution in [2.24, 2.45) is 0 Å². The first-order valence-electron chi connectivity index (χ1n) is 6.94. The van der Waals surface area contributed by atoms with E-state index in [0.29, 0.717) is 31.6 Å². The molecule has 0 aliphatic heterocycles. The molecule has 3 N–H and O–H groups in total. The van der Waals surface area contributed by atoms with Crippen LogP contribution in [0, 0.1) is 10.1 Å². The van der Waals surface area contributed by atoms with E-state index in [1.54, 1.807) is 0 Å². The maximum absolute atomic E-state index is 11.3. The average Bonchev–Trinajstić information content (AvgIpc) is 2.49. The van der Waals surface area contributed by atoms with Gasteiger partial charge in [0.05, 0.1) is 11.0 Å². The lowest BCUT2D eigenvalue weighted by atomic mass is 10.1. The van der Waals surface area contributed by atoms with Crippen LogP contribution in [-0.4, -0.2) is 35.6 Å². The van der Waals surface area contributed by atoms with Crippen molar-refractivity contribution in [3.8, 4) is 0 Å². The summed E-state index contributed by atoms with van der Waals surface area (Å²) in [5.41, 5.74) is 0.593. The zero-order valence-electron chi connectivity index (χ0n) is 12.0. The van der Waals surface area contributed by atoms with Crippen LogP contribution in [0.1, 0.15) is 31.4 Å². The largest absolute Gasteiger partial charge is 0.387 e. The number of non-ortho nitro benzene ring substituents is 1. The number of carbonyl (C=O) groups excluding carboxylic acids is 1. The molecule has 1 amide bonds. The summed E-state index contributed by atoms with van der Waals surface area (Å²) in [6.45, 7) is 3.42. The fourth-order valence-corrected chi connectivity index (χ4v) is 1.73. The van der Waals surface area contributed by atoms with Gasteiger partial charge in [-0.15, -0.1) is 0 Å². The van der Waals surface area contributed by atoms with Crippen LogP contribution in [0.4, 0.5) is 5.69 Å². The Labute approximate surface area is 123 Å². The van der Waals surface area contributed by atoms with Crippen molar-refractivity contribution in [2.75, 3.05) is 19.6 Å². The standard InChI is InChI=1S/C14H21N3O4/c1-2-8-16-14(19)7-9-15-10-13(18)11-3-5-12(6-4-11)17(20)21/h3-6,13,15,18H,2,7-10H2,1H3,(H,16,19). The fourth-order valence-electron chi connectivity index (χ4n) is 1.73. The summed E-state index contributed by atoms with van der Waals surface area (Å²) in [6.07, 6.45) is 0.495. The fraction of sp³-hybridized carbons (Fsp3) is 0.500. The van der Waals surface area contributed by atoms with E-state index in [9.17, 15) is 20.0 Å². The highest BCUT2D eigenvalue weighted by Crippen LogP contribution is 2.17. The van der Waals surface area contributed by atoms with Gasteiger partial charge >= 0.3 is 0 Å². The predicted octanol–water partition coefficient (Wildman–Crippen LogP) is 1.13. The smallest absolute Gasteiger partial charge is 0.269 e. The molecule has 0 aromatic heterocycles. The highest BCUT2D eigenvalue weighted by molar-refractivity contribution is 5.75. The Hall–Kier alpha value is -1.99. The average molecular weight is 295 g/mol. The monoisotopic (exact) mass is 295 g/mol. The van der Waals surface area contributed by atoms with Gasteiger partial charge in [-0.3, -0.25) is 14.9 Å². The molecule has 0 aliphatic rings. The summed E-state index contributed by atoms with van der Waals surface area (Å²) in [7, 11) is 0. The second-order valence-corrected chi connectivity index (χ2v) is 4.67. The Kier molecular flexibility index (Phi) is 7.34. The molecule has 1 aromatic rings. The molecule has 21 heavy (non-hydrogen) atoms. The number of nitro benzene ring substituents is 1. The van der Waals surface area contributed by atoms with E-state index in [0.717, 1.165) is 6.42 Å². The molecule has 0 aliphatic carbocycles. The second kappa shape index (κ2) is 9.04. The number of amides is 1. The highest BCUT2D eigenvalue weighted by atomic mass is 16.6. The maximum Gasteiger partial charge on any atom is 0.269 e. The van der Waals surface area contributed by atoms with Crippen LogP contribution in [0.5, 0.6) is 0 Å². The summed E-state index contributed by atoms with van der Waals surface area (Å²) in [6, 6.07) is 5.77. The molecule has 116 valence electrons. The summed E-state index contributed by atoms with van der Waals surface area (Å²) in [4.78, 5) is 21.4. The van der Waals surface area contributed by atoms with Crippen LogP contribution in [-0.2, 0) is 4.79 Å². The summed E-state index contributed by atoms with van der Waals surface area (Å²) >= 11 is 0. The van der Waals surface area contributed by atoms with E-state index >= 15 is 0 Å². The van der Waals surface area contributed by atoms with Crippen molar-refractivity contribution in [1.29, 1.82) is 0 Å². The minimum atomic E-state index is -0.760. The van der Waals surface area contributed by atoms with Gasteiger partial charge in [0, 0.05) is 38.2 Å². The van der Waals surface area contributed by atoms with E-state index in [1.165, 1.54) is 24.3 Å². The lowest BCUT2D eigenvalue weighted by Crippen LogP contribution is -2.29. The quantitative estimate of drug-likeness (QED) is 0.360. The molecule has 0 bridgehead atoms. The SMILES string of the molecule is CCCNC(=O)CCNCC(O)c1ccc([N+](=O)[O-])cc1. The third-order valence-corrected chi connectivity index (χ3v) is 2.93. The van der Waals surface area contributed by atoms with E-state index in [2.05, 4.69) is 10.6 Å². The summed E-state index contributed by atoms with van der Waals surface area (Å²) < 4.78 is 0. The molecular weight excluding hydrogens is 274 g/mol. The molecule has 0 saturated carbocycles. The summed E-state index contributed by atoms with van der Waals surface area (Å²) in [5.74, 6) is -0.0193. The number of nitrogens with one attached hydrogen (secondary N) is 2. The molecule has 7 heteroatoms. The predicted molar refractivity (Wildman–Crippen MR) is 78.8 cm³/mol. The number of hydrogen-bond donors (Lipinski definition) is 3. The number of benzene rings is 1. The Balaban J connectivity index is 2.28. The minimum absolute atomic E-state index is 0.00787. The van der Waals surface area contributed by atoms with Crippen molar-refractivity contribution in [1.82, 2.24) is 10.6 Å². The number of nitro groups is 1. The Morgan fingerprint density at radius 3 is 2.57 bits per heavy atom. The molecule has 0 fully saturated rings. The van der Waals surface area contributed by atoms with E-state index < -0.39 is 11.0 Å². The van der Waals surface area contributed by atoms with Crippen molar-refractivity contribution >= 4 is 11.6 Å². The molecule has 0 saturated heterocycles. The molecule has 0 heterocycles. The molecule has 1 aromatic carbocycles. The van der Waals surface area contributed by atoms with E-state index in [4.69, 9.17) is 0 Å². The third kappa shape index (κ3) is 6.33. The maximum atomic E-state index is 11.3. The Morgan fingerprint density at radius 1 is 1.33 bits per heavy atom. The van der Waals surface area contributed by atoms with Crippen LogP contribution in [0.3, 0.4) is 0 Å². The van der Waals surface area contributed by atoms with Crippen molar-refractivity contribution in [2.45, 2.75) is 25.9 Å². The second-order valence-electron chi connectivity index (χ2n) is 4.67. The lowest BCUT2D eigenvalue weighted by molar-refractivity contribution is -0.384. The molecule has 1 rings (SSSR count). The van der Waals surface area contributed by atoms with Gasteiger partial charge in [-0.1, -0.05) is 6.92 Å². The number of rotatable bonds is 9. The number of nitrogens with zero attached hydrogens (tertiary/aromatic N) is 1. The van der Waals surface area contributed by atoms with Gasteiger partial charge in [0.25, 0.3) is 5.69 Å². The normalized spacial score (nSPS) is 11.9. The van der Waals surface area contributed by atoms with Crippen LogP contribution >= 0.6 is 0 Å². The lowest BCUT2D eigenvalue weighted by Gasteiger charge is -2.12. The van der Waals surface area contributed by atoms with Gasteiger partial charge in [0.1, 0.15) is 0 Å². The zero-order valence-corrected chi connectivity index (χ0v) is 12.0. The van der Waals surface area contributed by atoms with Crippen LogP contribution in [0.15, 0.2) is 24.3 Å². The molecule has 0 spiro atoms. The molecule has 1 atom stereocenters. The Morgan fingerprint density at radius 2 is 2.00 bits per heavy atom. The number of aliphatic hydroxyl groups excluding tert-OH is 1. The van der Waals surface area contributed by atoms with Crippen LogP contribution in [0.2, 0.25) is 0 Å². The van der Waals surface area contributed by atoms with Gasteiger partial charge in [-0.2, -0.15) is 0 Å². The van der Waals surface area contributed by atoms with E-state index in [1.807, 2.05) is 6.92 Å². The summed E-state index contributed by atoms with van der Waals surface area (Å²) in [5, 5.41) is 26.2. The topological polar surface area (TPSA) is 104 Å². The Bertz CT molecular complexity index is 462. The van der Waals surface area contributed by atoms with E-state index in [-0.39, 0.29) is 11.6 Å². The first kappa shape index (κ1) is 17.1. The van der Waals surface area contributed by atoms with Gasteiger partial charge in [0.2, 0.25) is 5.91 Å². The first-order valence-corrected chi connectivity index (χ1v) is 6.94. The molecule has 7 nitrogen and oxygen atoms in total. The minimum Gasteiger partial charge on any atom is -0.387 e. The van der Waals surface area contributed by atoms with Gasteiger partial charge < -0.3 is 15.7 Å². The number of hydrogen-bond acceptors (Lipinski definition) is 5. The van der Waals surface area contributed by atoms with Crippen LogP contribution < -0.4 is 10.6 Å². The first-order chi connectivity index (χ1) is 10.0. The zero-order chi connectivity index (χ0) is 15.7.